The van der Waals surface area contributed by atoms with Crippen molar-refractivity contribution in [1.82, 2.24) is 19.6 Å². The Morgan fingerprint density at radius 1 is 1.17 bits per heavy atom. The predicted molar refractivity (Wildman–Crippen MR) is 151 cm³/mol. The number of benzene rings is 1. The van der Waals surface area contributed by atoms with Gasteiger partial charge in [0.2, 0.25) is 24.4 Å². The van der Waals surface area contributed by atoms with Crippen LogP contribution in [0.2, 0.25) is 0 Å². The molecule has 0 saturated carbocycles. The molecule has 232 valence electrons. The maximum Gasteiger partial charge on any atom is 0.326 e. The average Bonchev–Trinajstić information content (AvgIpc) is 3.59. The summed E-state index contributed by atoms with van der Waals surface area (Å²) >= 11 is 0. The molecule has 0 bridgehead atoms. The van der Waals surface area contributed by atoms with E-state index in [1.165, 1.54) is 16.9 Å². The van der Waals surface area contributed by atoms with Gasteiger partial charge in [0.05, 0.1) is 19.6 Å². The first-order valence-corrected chi connectivity index (χ1v) is 14.6. The number of ether oxygens (including phenoxy) is 3. The molecule has 2 saturated heterocycles. The van der Waals surface area contributed by atoms with E-state index in [9.17, 15) is 29.4 Å². The molecule has 1 aromatic rings. The van der Waals surface area contributed by atoms with E-state index >= 15 is 0 Å². The lowest BCUT2D eigenvalue weighted by molar-refractivity contribution is -0.144. The van der Waals surface area contributed by atoms with Crippen molar-refractivity contribution in [3.8, 4) is 17.2 Å². The summed E-state index contributed by atoms with van der Waals surface area (Å²) in [5, 5.41) is 19.9. The number of carbonyl (C=O) groups excluding carboxylic acids is 3. The van der Waals surface area contributed by atoms with Crippen LogP contribution in [0.5, 0.6) is 17.2 Å². The quantitative estimate of drug-likeness (QED) is 0.327. The molecule has 3 aliphatic heterocycles. The minimum atomic E-state index is -1.03. The van der Waals surface area contributed by atoms with Crippen molar-refractivity contribution in [2.24, 2.45) is 5.92 Å². The van der Waals surface area contributed by atoms with Gasteiger partial charge in [0.15, 0.2) is 11.5 Å². The van der Waals surface area contributed by atoms with Gasteiger partial charge in [-0.25, -0.2) is 4.79 Å². The second-order valence-electron chi connectivity index (χ2n) is 11.0. The number of rotatable bonds is 14. The fourth-order valence-electron chi connectivity index (χ4n) is 6.09. The Hall–Kier alpha value is -3.58. The highest BCUT2D eigenvalue weighted by Gasteiger charge is 2.48. The van der Waals surface area contributed by atoms with Crippen LogP contribution in [0.3, 0.4) is 0 Å². The molecule has 4 amide bonds. The molecule has 42 heavy (non-hydrogen) atoms. The van der Waals surface area contributed by atoms with Gasteiger partial charge in [-0.05, 0) is 37.0 Å². The number of carboxylic acid groups (broad SMARTS) is 1. The van der Waals surface area contributed by atoms with Crippen LogP contribution in [0.25, 0.3) is 0 Å². The lowest BCUT2D eigenvalue weighted by Crippen LogP contribution is -2.52. The van der Waals surface area contributed by atoms with Crippen LogP contribution in [0, 0.1) is 5.92 Å². The van der Waals surface area contributed by atoms with Crippen molar-refractivity contribution < 1.29 is 43.6 Å². The number of imide groups is 1. The maximum absolute atomic E-state index is 13.6. The molecule has 2 fully saturated rings. The minimum Gasteiger partial charge on any atom is -0.493 e. The fourth-order valence-corrected chi connectivity index (χ4v) is 6.09. The van der Waals surface area contributed by atoms with E-state index in [2.05, 4.69) is 0 Å². The smallest absolute Gasteiger partial charge is 0.326 e. The first-order chi connectivity index (χ1) is 20.2. The standard InChI is InChI=1S/C29H42N4O9/c1-4-5-9-31(10-6-13-34)25(36)17-32-16-20(19-14-22(40-3)27-23(15-19)41-18-42-27)26(28(37)38)21(32)7-12-33-24(35)8-11-30(2)29(33)39/h14-15,20-21,26,34H,4-13,16-18H2,1-3H3,(H,37,38)/t20-,21+,26?/m1/s1. The molecule has 1 aromatic carbocycles. The van der Waals surface area contributed by atoms with Gasteiger partial charge in [0.25, 0.3) is 0 Å². The highest BCUT2D eigenvalue weighted by Crippen LogP contribution is 2.47. The second-order valence-corrected chi connectivity index (χ2v) is 11.0. The summed E-state index contributed by atoms with van der Waals surface area (Å²) in [5.74, 6) is -1.60. The summed E-state index contributed by atoms with van der Waals surface area (Å²) in [7, 11) is 3.13. The number of urea groups is 1. The van der Waals surface area contributed by atoms with Gasteiger partial charge >= 0.3 is 12.0 Å². The van der Waals surface area contributed by atoms with E-state index in [1.54, 1.807) is 24.1 Å². The van der Waals surface area contributed by atoms with E-state index in [1.807, 2.05) is 11.8 Å². The molecule has 13 nitrogen and oxygen atoms in total. The first kappa shape index (κ1) is 31.4. The van der Waals surface area contributed by atoms with Gasteiger partial charge in [-0.2, -0.15) is 0 Å². The molecule has 13 heteroatoms. The van der Waals surface area contributed by atoms with E-state index in [4.69, 9.17) is 14.2 Å². The number of carbonyl (C=O) groups is 4. The van der Waals surface area contributed by atoms with Crippen LogP contribution in [0.4, 0.5) is 4.79 Å². The van der Waals surface area contributed by atoms with Crippen LogP contribution < -0.4 is 14.2 Å². The molecule has 0 aliphatic carbocycles. The van der Waals surface area contributed by atoms with Gasteiger partial charge in [-0.15, -0.1) is 0 Å². The van der Waals surface area contributed by atoms with Gasteiger partial charge in [0.1, 0.15) is 0 Å². The second kappa shape index (κ2) is 14.1. The highest BCUT2D eigenvalue weighted by atomic mass is 16.7. The number of carboxylic acids is 1. The summed E-state index contributed by atoms with van der Waals surface area (Å²) in [6.07, 6.45) is 2.55. The third kappa shape index (κ3) is 6.73. The summed E-state index contributed by atoms with van der Waals surface area (Å²) in [6, 6.07) is 2.46. The monoisotopic (exact) mass is 590 g/mol. The largest absolute Gasteiger partial charge is 0.493 e. The SMILES string of the molecule is CCCCN(CCCO)C(=O)CN1C[C@H](c2cc(OC)c3c(c2)OCO3)C(C(=O)O)[C@@H]1CCN1C(=O)CCN(C)C1=O. The number of methoxy groups -OCH3 is 1. The van der Waals surface area contributed by atoms with Crippen LogP contribution in [-0.4, -0.2) is 126 Å². The number of likely N-dealkylation sites (tertiary alicyclic amines) is 1. The number of nitrogens with zero attached hydrogens (tertiary/aromatic N) is 4. The summed E-state index contributed by atoms with van der Waals surface area (Å²) < 4.78 is 16.6. The molecule has 4 rings (SSSR count). The molecule has 0 radical (unpaired) electrons. The first-order valence-electron chi connectivity index (χ1n) is 14.6. The zero-order valence-electron chi connectivity index (χ0n) is 24.6. The van der Waals surface area contributed by atoms with Crippen LogP contribution in [0.15, 0.2) is 12.1 Å². The van der Waals surface area contributed by atoms with Crippen molar-refractivity contribution >= 4 is 23.8 Å². The third-order valence-corrected chi connectivity index (χ3v) is 8.37. The number of aliphatic carboxylic acids is 1. The predicted octanol–water partition coefficient (Wildman–Crippen LogP) is 1.58. The number of aliphatic hydroxyl groups is 1. The van der Waals surface area contributed by atoms with Gasteiger partial charge in [-0.3, -0.25) is 24.2 Å². The van der Waals surface area contributed by atoms with Crippen LogP contribution in [-0.2, 0) is 14.4 Å². The molecule has 1 unspecified atom stereocenters. The number of fused-ring (bicyclic) bond motifs is 1. The van der Waals surface area contributed by atoms with Crippen molar-refractivity contribution in [2.45, 2.75) is 51.0 Å². The number of unbranched alkanes of at least 4 members (excludes halogenated alkanes) is 1. The number of hydrogen-bond donors (Lipinski definition) is 2. The molecular formula is C29H42N4O9. The Balaban J connectivity index is 1.64. The molecular weight excluding hydrogens is 548 g/mol. The molecule has 3 aliphatic rings. The summed E-state index contributed by atoms with van der Waals surface area (Å²) in [4.78, 5) is 58.0. The normalized spacial score (nSPS) is 22.1. The Morgan fingerprint density at radius 3 is 2.62 bits per heavy atom. The van der Waals surface area contributed by atoms with Crippen molar-refractivity contribution in [3.05, 3.63) is 17.7 Å². The van der Waals surface area contributed by atoms with Crippen LogP contribution in [0.1, 0.15) is 50.5 Å². The summed E-state index contributed by atoms with van der Waals surface area (Å²) in [6.45, 7) is 3.59. The van der Waals surface area contributed by atoms with Gasteiger partial charge in [-0.1, -0.05) is 13.3 Å². The zero-order valence-corrected chi connectivity index (χ0v) is 24.6. The Kier molecular flexibility index (Phi) is 10.5. The Morgan fingerprint density at radius 2 is 1.93 bits per heavy atom. The van der Waals surface area contributed by atoms with Crippen LogP contribution >= 0.6 is 0 Å². The molecule has 3 heterocycles. The van der Waals surface area contributed by atoms with Crippen molar-refractivity contribution in [3.63, 3.8) is 0 Å². The number of aliphatic hydroxyl groups excluding tert-OH is 1. The highest BCUT2D eigenvalue weighted by molar-refractivity contribution is 5.96. The lowest BCUT2D eigenvalue weighted by atomic mass is 9.84. The molecule has 3 atom stereocenters. The fraction of sp³-hybridized carbons (Fsp3) is 0.655. The topological polar surface area (TPSA) is 149 Å². The average molecular weight is 591 g/mol. The Bertz CT molecular complexity index is 1150. The summed E-state index contributed by atoms with van der Waals surface area (Å²) in [5.41, 5.74) is 0.677. The number of amides is 4. The van der Waals surface area contributed by atoms with E-state index in [-0.39, 0.29) is 57.7 Å². The third-order valence-electron chi connectivity index (χ3n) is 8.37. The van der Waals surface area contributed by atoms with E-state index < -0.39 is 29.9 Å². The van der Waals surface area contributed by atoms with E-state index in [0.29, 0.717) is 48.9 Å². The lowest BCUT2D eigenvalue weighted by Gasteiger charge is -2.34. The number of hydrogen-bond acceptors (Lipinski definition) is 9. The molecule has 2 N–H and O–H groups in total. The van der Waals surface area contributed by atoms with Gasteiger partial charge in [0, 0.05) is 64.8 Å². The van der Waals surface area contributed by atoms with Gasteiger partial charge < -0.3 is 34.2 Å². The Labute approximate surface area is 245 Å². The van der Waals surface area contributed by atoms with E-state index in [0.717, 1.165) is 12.8 Å². The molecule has 0 spiro atoms. The zero-order chi connectivity index (χ0) is 30.4. The minimum absolute atomic E-state index is 0.0242. The maximum atomic E-state index is 13.6. The van der Waals surface area contributed by atoms with Crippen molar-refractivity contribution in [2.75, 3.05) is 66.8 Å². The molecule has 0 aromatic heterocycles. The van der Waals surface area contributed by atoms with Crippen molar-refractivity contribution in [1.29, 1.82) is 0 Å².